The molecule has 0 atom stereocenters. The number of hydrogen-bond donors (Lipinski definition) is 0. The highest BCUT2D eigenvalue weighted by Gasteiger charge is 2.04. The molecule has 0 aliphatic rings. The van der Waals surface area contributed by atoms with E-state index in [0.717, 1.165) is 11.5 Å². The summed E-state index contributed by atoms with van der Waals surface area (Å²) < 4.78 is 3.31. The molecular weight excluding hydrogens is 202 g/mol. The zero-order valence-corrected chi connectivity index (χ0v) is 9.14. The molecule has 0 aliphatic carbocycles. The Morgan fingerprint density at radius 1 is 1.50 bits per heavy atom. The Kier molecular flexibility index (Phi) is 2.37. The molecular formula is C12H11N3O. The van der Waals surface area contributed by atoms with Crippen molar-refractivity contribution in [2.24, 2.45) is 7.05 Å². The first kappa shape index (κ1) is 10.2. The third-order valence-corrected chi connectivity index (χ3v) is 2.40. The van der Waals surface area contributed by atoms with E-state index in [4.69, 9.17) is 6.42 Å². The Morgan fingerprint density at radius 2 is 2.25 bits per heavy atom. The molecule has 2 rings (SSSR count). The lowest BCUT2D eigenvalue weighted by atomic mass is 10.4. The van der Waals surface area contributed by atoms with Gasteiger partial charge in [0.15, 0.2) is 0 Å². The lowest BCUT2D eigenvalue weighted by Gasteiger charge is -2.04. The van der Waals surface area contributed by atoms with Crippen LogP contribution in [0.3, 0.4) is 0 Å². The third kappa shape index (κ3) is 1.63. The van der Waals surface area contributed by atoms with Crippen LogP contribution in [0.2, 0.25) is 0 Å². The summed E-state index contributed by atoms with van der Waals surface area (Å²) in [4.78, 5) is 15.7. The molecule has 0 fully saturated rings. The molecule has 2 heterocycles. The Morgan fingerprint density at radius 3 is 2.81 bits per heavy atom. The lowest BCUT2D eigenvalue weighted by molar-refractivity contribution is 0.847. The van der Waals surface area contributed by atoms with Gasteiger partial charge < -0.3 is 9.13 Å². The van der Waals surface area contributed by atoms with Gasteiger partial charge in [-0.05, 0) is 18.9 Å². The van der Waals surface area contributed by atoms with Crippen molar-refractivity contribution < 1.29 is 0 Å². The SMILES string of the molecule is C#Cc1cn(-c2ccn(C)c(=O)c2)c(C)n1. The molecule has 0 aliphatic heterocycles. The van der Waals surface area contributed by atoms with Crippen LogP contribution in [-0.2, 0) is 7.05 Å². The second-order valence-electron chi connectivity index (χ2n) is 3.52. The van der Waals surface area contributed by atoms with Gasteiger partial charge >= 0.3 is 0 Å². The maximum atomic E-state index is 11.5. The molecule has 4 heteroatoms. The molecule has 0 bridgehead atoms. The monoisotopic (exact) mass is 213 g/mol. The van der Waals surface area contributed by atoms with E-state index in [1.807, 2.05) is 13.0 Å². The van der Waals surface area contributed by atoms with E-state index in [1.54, 1.807) is 30.1 Å². The highest BCUT2D eigenvalue weighted by Crippen LogP contribution is 2.09. The normalized spacial score (nSPS) is 10.1. The van der Waals surface area contributed by atoms with Crippen LogP contribution < -0.4 is 5.56 Å². The van der Waals surface area contributed by atoms with Crippen LogP contribution in [0.15, 0.2) is 29.3 Å². The van der Waals surface area contributed by atoms with Crippen molar-refractivity contribution in [2.75, 3.05) is 0 Å². The largest absolute Gasteiger partial charge is 0.318 e. The van der Waals surface area contributed by atoms with Crippen molar-refractivity contribution in [1.82, 2.24) is 14.1 Å². The third-order valence-electron chi connectivity index (χ3n) is 2.40. The lowest BCUT2D eigenvalue weighted by Crippen LogP contribution is -2.15. The van der Waals surface area contributed by atoms with Gasteiger partial charge in [-0.1, -0.05) is 0 Å². The molecule has 80 valence electrons. The van der Waals surface area contributed by atoms with Gasteiger partial charge in [0.05, 0.1) is 5.69 Å². The second-order valence-corrected chi connectivity index (χ2v) is 3.52. The molecule has 16 heavy (non-hydrogen) atoms. The fourth-order valence-electron chi connectivity index (χ4n) is 1.49. The van der Waals surface area contributed by atoms with Gasteiger partial charge in [-0.25, -0.2) is 4.98 Å². The number of hydrogen-bond acceptors (Lipinski definition) is 2. The smallest absolute Gasteiger partial charge is 0.252 e. The van der Waals surface area contributed by atoms with Crippen LogP contribution in [-0.4, -0.2) is 14.1 Å². The summed E-state index contributed by atoms with van der Waals surface area (Å²) in [5, 5.41) is 0. The Labute approximate surface area is 93.2 Å². The van der Waals surface area contributed by atoms with Gasteiger partial charge in [0.1, 0.15) is 11.5 Å². The fourth-order valence-corrected chi connectivity index (χ4v) is 1.49. The predicted octanol–water partition coefficient (Wildman–Crippen LogP) is 0.861. The topological polar surface area (TPSA) is 39.8 Å². The van der Waals surface area contributed by atoms with E-state index in [-0.39, 0.29) is 5.56 Å². The minimum Gasteiger partial charge on any atom is -0.318 e. The molecule has 0 saturated heterocycles. The van der Waals surface area contributed by atoms with Gasteiger partial charge in [0, 0.05) is 25.5 Å². The maximum absolute atomic E-state index is 11.5. The summed E-state index contributed by atoms with van der Waals surface area (Å²) in [5.74, 6) is 3.23. The summed E-state index contributed by atoms with van der Waals surface area (Å²) in [6.45, 7) is 1.85. The zero-order valence-electron chi connectivity index (χ0n) is 9.14. The van der Waals surface area contributed by atoms with Crippen LogP contribution in [0.4, 0.5) is 0 Å². The highest BCUT2D eigenvalue weighted by atomic mass is 16.1. The van der Waals surface area contributed by atoms with Crippen molar-refractivity contribution in [3.8, 4) is 18.0 Å². The quantitative estimate of drug-likeness (QED) is 0.659. The maximum Gasteiger partial charge on any atom is 0.252 e. The van der Waals surface area contributed by atoms with E-state index in [1.165, 1.54) is 4.57 Å². The van der Waals surface area contributed by atoms with Crippen molar-refractivity contribution in [2.45, 2.75) is 6.92 Å². The Hall–Kier alpha value is -2.28. The van der Waals surface area contributed by atoms with Gasteiger partial charge in [-0.3, -0.25) is 4.79 Å². The summed E-state index contributed by atoms with van der Waals surface area (Å²) in [7, 11) is 1.71. The number of nitrogens with zero attached hydrogens (tertiary/aromatic N) is 3. The highest BCUT2D eigenvalue weighted by molar-refractivity contribution is 5.35. The Bertz CT molecular complexity index is 628. The molecule has 0 spiro atoms. The minimum atomic E-state index is -0.0622. The fraction of sp³-hybridized carbons (Fsp3) is 0.167. The molecule has 0 radical (unpaired) electrons. The van der Waals surface area contributed by atoms with Crippen LogP contribution >= 0.6 is 0 Å². The van der Waals surface area contributed by atoms with Crippen molar-refractivity contribution >= 4 is 0 Å². The molecule has 0 N–H and O–H groups in total. The first-order valence-electron chi connectivity index (χ1n) is 4.81. The second kappa shape index (κ2) is 3.70. The molecule has 4 nitrogen and oxygen atoms in total. The zero-order chi connectivity index (χ0) is 11.7. The number of rotatable bonds is 1. The summed E-state index contributed by atoms with van der Waals surface area (Å²) in [6, 6.07) is 3.39. The molecule has 0 saturated carbocycles. The molecule has 2 aromatic heterocycles. The van der Waals surface area contributed by atoms with Crippen molar-refractivity contribution in [3.63, 3.8) is 0 Å². The van der Waals surface area contributed by atoms with Gasteiger partial charge in [0.25, 0.3) is 5.56 Å². The van der Waals surface area contributed by atoms with Gasteiger partial charge in [-0.15, -0.1) is 6.42 Å². The standard InChI is InChI=1S/C12H11N3O/c1-4-10-8-15(9(2)13-10)11-5-6-14(3)12(16)7-11/h1,5-8H,2-3H3. The van der Waals surface area contributed by atoms with E-state index in [9.17, 15) is 4.79 Å². The predicted molar refractivity (Wildman–Crippen MR) is 61.5 cm³/mol. The molecule has 2 aromatic rings. The molecule has 0 amide bonds. The number of aryl methyl sites for hydroxylation is 2. The molecule has 0 unspecified atom stereocenters. The number of imidazole rings is 1. The Balaban J connectivity index is 2.59. The van der Waals surface area contributed by atoms with Crippen LogP contribution in [0, 0.1) is 19.3 Å². The summed E-state index contributed by atoms with van der Waals surface area (Å²) in [5.41, 5.74) is 1.28. The van der Waals surface area contributed by atoms with E-state index in [0.29, 0.717) is 5.69 Å². The van der Waals surface area contributed by atoms with Gasteiger partial charge in [-0.2, -0.15) is 0 Å². The van der Waals surface area contributed by atoms with Crippen LogP contribution in [0.25, 0.3) is 5.69 Å². The van der Waals surface area contributed by atoms with Crippen LogP contribution in [0.1, 0.15) is 11.5 Å². The first-order valence-corrected chi connectivity index (χ1v) is 4.81. The van der Waals surface area contributed by atoms with E-state index >= 15 is 0 Å². The first-order chi connectivity index (χ1) is 7.61. The minimum absolute atomic E-state index is 0.0622. The van der Waals surface area contributed by atoms with Gasteiger partial charge in [0.2, 0.25) is 0 Å². The number of aromatic nitrogens is 3. The summed E-state index contributed by atoms with van der Waals surface area (Å²) >= 11 is 0. The summed E-state index contributed by atoms with van der Waals surface area (Å²) in [6.07, 6.45) is 8.73. The van der Waals surface area contributed by atoms with Crippen molar-refractivity contribution in [3.05, 3.63) is 46.4 Å². The van der Waals surface area contributed by atoms with E-state index in [2.05, 4.69) is 10.9 Å². The average Bonchev–Trinajstić information content (AvgIpc) is 2.64. The van der Waals surface area contributed by atoms with Crippen LogP contribution in [0.5, 0.6) is 0 Å². The average molecular weight is 213 g/mol. The van der Waals surface area contributed by atoms with Crippen molar-refractivity contribution in [1.29, 1.82) is 0 Å². The molecule has 0 aromatic carbocycles. The van der Waals surface area contributed by atoms with E-state index < -0.39 is 0 Å². The number of pyridine rings is 1. The number of terminal acetylenes is 1.